The number of hydrogen-bond donors (Lipinski definition) is 0. The van der Waals surface area contributed by atoms with Gasteiger partial charge in [-0.05, 0) is 45.0 Å². The molecule has 0 N–H and O–H groups in total. The molecule has 1 aliphatic rings. The molecule has 6 nitrogen and oxygen atoms in total. The molecule has 0 atom stereocenters. The Bertz CT molecular complexity index is 809. The van der Waals surface area contributed by atoms with Crippen LogP contribution in [0.25, 0.3) is 5.65 Å². The molecule has 0 radical (unpaired) electrons. The molecule has 0 saturated carbocycles. The summed E-state index contributed by atoms with van der Waals surface area (Å²) in [6.07, 6.45) is 6.19. The van der Waals surface area contributed by atoms with Crippen molar-refractivity contribution in [3.05, 3.63) is 47.9 Å². The lowest BCUT2D eigenvalue weighted by Crippen LogP contribution is -2.33. The highest BCUT2D eigenvalue weighted by Gasteiger charge is 2.24. The van der Waals surface area contributed by atoms with Crippen molar-refractivity contribution in [2.24, 2.45) is 7.05 Å². The summed E-state index contributed by atoms with van der Waals surface area (Å²) in [6, 6.07) is 6.17. The van der Waals surface area contributed by atoms with Gasteiger partial charge in [0.15, 0.2) is 0 Å². The zero-order valence-corrected chi connectivity index (χ0v) is 13.7. The summed E-state index contributed by atoms with van der Waals surface area (Å²) in [7, 11) is 2.03. The van der Waals surface area contributed by atoms with Crippen molar-refractivity contribution in [1.29, 1.82) is 0 Å². The van der Waals surface area contributed by atoms with E-state index >= 15 is 0 Å². The number of fused-ring (bicyclic) bond motifs is 1. The summed E-state index contributed by atoms with van der Waals surface area (Å²) < 4.78 is 4.26. The standard InChI is InChI=1S/C17H22N6/c1-13-15(23-8-4-3-5-16(23)19-13)11-22-9-6-14(7-10-22)17-20-18-12-21(17)2/h3-5,8,12,14H,6-7,9-11H2,1-2H3. The number of hydrogen-bond acceptors (Lipinski definition) is 4. The SMILES string of the molecule is Cc1nc2ccccn2c1CN1CCC(c2nncn2C)CC1. The molecular weight excluding hydrogens is 288 g/mol. The minimum absolute atomic E-state index is 0.530. The van der Waals surface area contributed by atoms with Gasteiger partial charge in [-0.1, -0.05) is 6.07 Å². The van der Waals surface area contributed by atoms with E-state index in [0.717, 1.165) is 49.6 Å². The van der Waals surface area contributed by atoms with Crippen LogP contribution in [0.3, 0.4) is 0 Å². The minimum atomic E-state index is 0.530. The molecule has 0 aliphatic carbocycles. The van der Waals surface area contributed by atoms with Gasteiger partial charge in [0.1, 0.15) is 17.8 Å². The molecule has 1 fully saturated rings. The Hall–Kier alpha value is -2.21. The number of likely N-dealkylation sites (tertiary alicyclic amines) is 1. The molecule has 120 valence electrons. The van der Waals surface area contributed by atoms with Gasteiger partial charge in [-0.3, -0.25) is 4.90 Å². The second-order valence-corrected chi connectivity index (χ2v) is 6.42. The topological polar surface area (TPSA) is 51.2 Å². The number of rotatable bonds is 3. The van der Waals surface area contributed by atoms with E-state index in [4.69, 9.17) is 0 Å². The maximum Gasteiger partial charge on any atom is 0.137 e. The fraction of sp³-hybridized carbons (Fsp3) is 0.471. The number of piperidine rings is 1. The minimum Gasteiger partial charge on any atom is -0.320 e. The first-order valence-corrected chi connectivity index (χ1v) is 8.21. The summed E-state index contributed by atoms with van der Waals surface area (Å²) in [5, 5.41) is 8.29. The van der Waals surface area contributed by atoms with E-state index in [1.54, 1.807) is 6.33 Å². The van der Waals surface area contributed by atoms with E-state index in [-0.39, 0.29) is 0 Å². The van der Waals surface area contributed by atoms with E-state index < -0.39 is 0 Å². The third kappa shape index (κ3) is 2.63. The van der Waals surface area contributed by atoms with Crippen LogP contribution in [0.1, 0.15) is 36.0 Å². The smallest absolute Gasteiger partial charge is 0.137 e. The van der Waals surface area contributed by atoms with Crippen LogP contribution in [-0.2, 0) is 13.6 Å². The van der Waals surface area contributed by atoms with Crippen molar-refractivity contribution >= 4 is 5.65 Å². The average molecular weight is 310 g/mol. The Morgan fingerprint density at radius 2 is 2.04 bits per heavy atom. The lowest BCUT2D eigenvalue weighted by molar-refractivity contribution is 0.197. The van der Waals surface area contributed by atoms with Crippen LogP contribution in [0.5, 0.6) is 0 Å². The maximum atomic E-state index is 4.66. The zero-order valence-electron chi connectivity index (χ0n) is 13.7. The molecule has 1 aliphatic heterocycles. The van der Waals surface area contributed by atoms with E-state index in [1.165, 1.54) is 5.69 Å². The van der Waals surface area contributed by atoms with Crippen LogP contribution in [-0.4, -0.2) is 42.1 Å². The van der Waals surface area contributed by atoms with Crippen molar-refractivity contribution in [2.45, 2.75) is 32.2 Å². The number of nitrogens with zero attached hydrogens (tertiary/aromatic N) is 6. The second-order valence-electron chi connectivity index (χ2n) is 6.42. The summed E-state index contributed by atoms with van der Waals surface area (Å²) in [4.78, 5) is 7.18. The average Bonchev–Trinajstić information content (AvgIpc) is 3.12. The fourth-order valence-corrected chi connectivity index (χ4v) is 3.58. The number of pyridine rings is 1. The van der Waals surface area contributed by atoms with Crippen molar-refractivity contribution < 1.29 is 0 Å². The van der Waals surface area contributed by atoms with Gasteiger partial charge in [-0.15, -0.1) is 10.2 Å². The Morgan fingerprint density at radius 1 is 1.22 bits per heavy atom. The zero-order chi connectivity index (χ0) is 15.8. The van der Waals surface area contributed by atoms with Crippen molar-refractivity contribution in [1.82, 2.24) is 29.0 Å². The molecule has 0 unspecified atom stereocenters. The largest absolute Gasteiger partial charge is 0.320 e. The lowest BCUT2D eigenvalue weighted by atomic mass is 9.96. The number of aryl methyl sites for hydroxylation is 2. The first-order chi connectivity index (χ1) is 11.2. The van der Waals surface area contributed by atoms with Crippen LogP contribution in [0.15, 0.2) is 30.7 Å². The molecule has 1 saturated heterocycles. The first kappa shape index (κ1) is 14.4. The van der Waals surface area contributed by atoms with Crippen LogP contribution in [0, 0.1) is 6.92 Å². The van der Waals surface area contributed by atoms with Crippen LogP contribution >= 0.6 is 0 Å². The van der Waals surface area contributed by atoms with Crippen molar-refractivity contribution in [3.8, 4) is 0 Å². The Morgan fingerprint density at radius 3 is 2.78 bits per heavy atom. The number of imidazole rings is 1. The quantitative estimate of drug-likeness (QED) is 0.744. The highest BCUT2D eigenvalue weighted by atomic mass is 15.3. The van der Waals surface area contributed by atoms with Gasteiger partial charge in [-0.2, -0.15) is 0 Å². The Balaban J connectivity index is 1.47. The molecule has 3 aromatic rings. The summed E-state index contributed by atoms with van der Waals surface area (Å²) >= 11 is 0. The molecule has 3 aromatic heterocycles. The third-order valence-corrected chi connectivity index (χ3v) is 4.90. The number of aromatic nitrogens is 5. The molecule has 6 heteroatoms. The molecule has 23 heavy (non-hydrogen) atoms. The molecule has 4 heterocycles. The van der Waals surface area contributed by atoms with Gasteiger partial charge < -0.3 is 8.97 Å². The van der Waals surface area contributed by atoms with Gasteiger partial charge >= 0.3 is 0 Å². The fourth-order valence-electron chi connectivity index (χ4n) is 3.58. The Labute approximate surface area is 135 Å². The summed E-state index contributed by atoms with van der Waals surface area (Å²) in [6.45, 7) is 5.26. The van der Waals surface area contributed by atoms with E-state index in [9.17, 15) is 0 Å². The molecular formula is C17H22N6. The molecule has 0 bridgehead atoms. The first-order valence-electron chi connectivity index (χ1n) is 8.21. The van der Waals surface area contributed by atoms with Gasteiger partial charge in [0.05, 0.1) is 11.4 Å². The summed E-state index contributed by atoms with van der Waals surface area (Å²) in [5.74, 6) is 1.65. The molecule has 4 rings (SSSR count). The van der Waals surface area contributed by atoms with Crippen LogP contribution in [0.4, 0.5) is 0 Å². The predicted molar refractivity (Wildman–Crippen MR) is 88.2 cm³/mol. The van der Waals surface area contributed by atoms with Gasteiger partial charge in [0.2, 0.25) is 0 Å². The van der Waals surface area contributed by atoms with Crippen molar-refractivity contribution in [3.63, 3.8) is 0 Å². The van der Waals surface area contributed by atoms with Gasteiger partial charge in [-0.25, -0.2) is 4.98 Å². The van der Waals surface area contributed by atoms with E-state index in [2.05, 4.69) is 54.3 Å². The Kier molecular flexibility index (Phi) is 3.61. The maximum absolute atomic E-state index is 4.66. The molecule has 0 spiro atoms. The highest BCUT2D eigenvalue weighted by Crippen LogP contribution is 2.27. The lowest BCUT2D eigenvalue weighted by Gasteiger charge is -2.31. The molecule has 0 amide bonds. The second kappa shape index (κ2) is 5.77. The monoisotopic (exact) mass is 310 g/mol. The van der Waals surface area contributed by atoms with Crippen LogP contribution in [0.2, 0.25) is 0 Å². The normalized spacial score (nSPS) is 17.1. The third-order valence-electron chi connectivity index (χ3n) is 4.90. The van der Waals surface area contributed by atoms with Crippen molar-refractivity contribution in [2.75, 3.05) is 13.1 Å². The molecule has 0 aromatic carbocycles. The van der Waals surface area contributed by atoms with E-state index in [0.29, 0.717) is 5.92 Å². The van der Waals surface area contributed by atoms with E-state index in [1.807, 2.05) is 13.1 Å². The summed E-state index contributed by atoms with van der Waals surface area (Å²) in [5.41, 5.74) is 3.47. The van der Waals surface area contributed by atoms with Crippen LogP contribution < -0.4 is 0 Å². The highest BCUT2D eigenvalue weighted by molar-refractivity contribution is 5.42. The predicted octanol–water partition coefficient (Wildman–Crippen LogP) is 2.15. The van der Waals surface area contributed by atoms with Gasteiger partial charge in [0, 0.05) is 25.7 Å². The van der Waals surface area contributed by atoms with Gasteiger partial charge in [0.25, 0.3) is 0 Å².